The van der Waals surface area contributed by atoms with E-state index in [-0.39, 0.29) is 18.0 Å². The number of amides is 1. The molecule has 1 aromatic rings. The van der Waals surface area contributed by atoms with Crippen LogP contribution in [0.5, 0.6) is 0 Å². The minimum absolute atomic E-state index is 0.0355. The Kier molecular flexibility index (Phi) is 5.01. The fraction of sp³-hybridized carbons (Fsp3) is 0.462. The number of benzene rings is 1. The average Bonchev–Trinajstić information content (AvgIpc) is 2.37. The summed E-state index contributed by atoms with van der Waals surface area (Å²) in [4.78, 5) is 21.5. The second kappa shape index (κ2) is 6.31. The maximum atomic E-state index is 13.1. The lowest BCUT2D eigenvalue weighted by Gasteiger charge is -2.24. The quantitative estimate of drug-likeness (QED) is 0.620. The lowest BCUT2D eigenvalue weighted by molar-refractivity contribution is -0.387. The summed E-state index contributed by atoms with van der Waals surface area (Å²) in [6.07, 6.45) is 0.779. The fourth-order valence-electron chi connectivity index (χ4n) is 1.45. The van der Waals surface area contributed by atoms with Crippen molar-refractivity contribution in [1.29, 1.82) is 0 Å². The van der Waals surface area contributed by atoms with Gasteiger partial charge in [-0.1, -0.05) is 6.92 Å². The molecule has 2 N–H and O–H groups in total. The summed E-state index contributed by atoms with van der Waals surface area (Å²) in [5, 5.41) is 16.1. The van der Waals surface area contributed by atoms with Crippen molar-refractivity contribution in [2.75, 3.05) is 11.9 Å². The molecule has 0 aliphatic rings. The zero-order valence-corrected chi connectivity index (χ0v) is 11.7. The zero-order valence-electron chi connectivity index (χ0n) is 11.7. The van der Waals surface area contributed by atoms with E-state index in [0.717, 1.165) is 18.6 Å². The predicted octanol–water partition coefficient (Wildman–Crippen LogP) is 2.45. The molecule has 0 saturated carbocycles. The van der Waals surface area contributed by atoms with Crippen LogP contribution in [0.2, 0.25) is 0 Å². The van der Waals surface area contributed by atoms with Crippen LogP contribution in [0.1, 0.15) is 27.2 Å². The number of nitrogens with one attached hydrogen (secondary N) is 2. The lowest BCUT2D eigenvalue weighted by atomic mass is 10.0. The number of nitro groups is 1. The summed E-state index contributed by atoms with van der Waals surface area (Å²) < 4.78 is 13.1. The van der Waals surface area contributed by atoms with Gasteiger partial charge in [0.1, 0.15) is 0 Å². The highest BCUT2D eigenvalue weighted by Gasteiger charge is 2.18. The molecule has 0 saturated heterocycles. The number of hydrogen-bond donors (Lipinski definition) is 2. The SMILES string of the molecule is CCC(C)(C)NC(=O)CNc1ccc(F)c([N+](=O)[O-])c1. The van der Waals surface area contributed by atoms with Crippen LogP contribution in [-0.2, 0) is 4.79 Å². The number of carbonyl (C=O) groups is 1. The molecule has 0 atom stereocenters. The lowest BCUT2D eigenvalue weighted by Crippen LogP contribution is -2.45. The van der Waals surface area contributed by atoms with Crippen LogP contribution < -0.4 is 10.6 Å². The molecule has 0 aromatic heterocycles. The van der Waals surface area contributed by atoms with E-state index >= 15 is 0 Å². The Balaban J connectivity index is 2.64. The van der Waals surface area contributed by atoms with Crippen LogP contribution in [0.25, 0.3) is 0 Å². The molecule has 0 heterocycles. The van der Waals surface area contributed by atoms with Gasteiger partial charge in [-0.2, -0.15) is 4.39 Å². The first-order chi connectivity index (χ1) is 9.25. The van der Waals surface area contributed by atoms with E-state index in [1.807, 2.05) is 20.8 Å². The molecule has 0 aliphatic heterocycles. The number of rotatable bonds is 6. The van der Waals surface area contributed by atoms with Gasteiger partial charge in [0.15, 0.2) is 0 Å². The van der Waals surface area contributed by atoms with Gasteiger partial charge >= 0.3 is 5.69 Å². The van der Waals surface area contributed by atoms with Crippen molar-refractivity contribution in [3.63, 3.8) is 0 Å². The van der Waals surface area contributed by atoms with E-state index in [2.05, 4.69) is 10.6 Å². The van der Waals surface area contributed by atoms with Crippen LogP contribution in [0.3, 0.4) is 0 Å². The van der Waals surface area contributed by atoms with Crippen molar-refractivity contribution in [3.05, 3.63) is 34.1 Å². The second-order valence-corrected chi connectivity index (χ2v) is 5.06. The second-order valence-electron chi connectivity index (χ2n) is 5.06. The van der Waals surface area contributed by atoms with E-state index in [4.69, 9.17) is 0 Å². The van der Waals surface area contributed by atoms with E-state index in [9.17, 15) is 19.3 Å². The van der Waals surface area contributed by atoms with Crippen molar-refractivity contribution >= 4 is 17.3 Å². The zero-order chi connectivity index (χ0) is 15.3. The van der Waals surface area contributed by atoms with Crippen LogP contribution in [0.4, 0.5) is 15.8 Å². The van der Waals surface area contributed by atoms with E-state index < -0.39 is 16.4 Å². The Morgan fingerprint density at radius 3 is 2.65 bits per heavy atom. The Bertz CT molecular complexity index is 518. The highest BCUT2D eigenvalue weighted by atomic mass is 19.1. The van der Waals surface area contributed by atoms with Crippen molar-refractivity contribution < 1.29 is 14.1 Å². The Morgan fingerprint density at radius 2 is 2.10 bits per heavy atom. The third kappa shape index (κ3) is 4.49. The summed E-state index contributed by atoms with van der Waals surface area (Å²) in [6.45, 7) is 5.71. The van der Waals surface area contributed by atoms with Gasteiger partial charge in [0.2, 0.25) is 11.7 Å². The smallest absolute Gasteiger partial charge is 0.306 e. The Hall–Kier alpha value is -2.18. The van der Waals surface area contributed by atoms with Gasteiger partial charge in [0.25, 0.3) is 0 Å². The number of hydrogen-bond acceptors (Lipinski definition) is 4. The molecule has 0 radical (unpaired) electrons. The summed E-state index contributed by atoms with van der Waals surface area (Å²) in [5.74, 6) is -1.14. The highest BCUT2D eigenvalue weighted by Crippen LogP contribution is 2.21. The first-order valence-electron chi connectivity index (χ1n) is 6.24. The van der Waals surface area contributed by atoms with Crippen LogP contribution in [0.15, 0.2) is 18.2 Å². The molecule has 1 amide bonds. The molecule has 110 valence electrons. The molecule has 0 aliphatic carbocycles. The van der Waals surface area contributed by atoms with Gasteiger partial charge in [-0.15, -0.1) is 0 Å². The molecule has 0 bridgehead atoms. The molecule has 0 fully saturated rings. The Morgan fingerprint density at radius 1 is 1.45 bits per heavy atom. The third-order valence-electron chi connectivity index (χ3n) is 2.96. The normalized spacial score (nSPS) is 11.0. The van der Waals surface area contributed by atoms with Crippen molar-refractivity contribution in [3.8, 4) is 0 Å². The van der Waals surface area contributed by atoms with Crippen LogP contribution in [-0.4, -0.2) is 22.9 Å². The van der Waals surface area contributed by atoms with Gasteiger partial charge in [0.05, 0.1) is 11.5 Å². The van der Waals surface area contributed by atoms with E-state index in [1.165, 1.54) is 6.07 Å². The summed E-state index contributed by atoms with van der Waals surface area (Å²) in [7, 11) is 0. The fourth-order valence-corrected chi connectivity index (χ4v) is 1.45. The minimum atomic E-state index is -0.905. The van der Waals surface area contributed by atoms with Gasteiger partial charge in [-0.3, -0.25) is 14.9 Å². The Labute approximate surface area is 116 Å². The molecule has 20 heavy (non-hydrogen) atoms. The summed E-state index contributed by atoms with van der Waals surface area (Å²) in [5.41, 5.74) is -0.611. The largest absolute Gasteiger partial charge is 0.376 e. The standard InChI is InChI=1S/C13H18FN3O3/c1-4-13(2,3)16-12(18)8-15-9-5-6-10(14)11(7-9)17(19)20/h5-7,15H,4,8H2,1-3H3,(H,16,18). The van der Waals surface area contributed by atoms with Crippen molar-refractivity contribution in [2.45, 2.75) is 32.7 Å². The first kappa shape index (κ1) is 15.9. The maximum Gasteiger partial charge on any atom is 0.306 e. The van der Waals surface area contributed by atoms with Crippen LogP contribution in [0, 0.1) is 15.9 Å². The van der Waals surface area contributed by atoms with Gasteiger partial charge in [-0.05, 0) is 32.4 Å². The molecular weight excluding hydrogens is 265 g/mol. The van der Waals surface area contributed by atoms with Gasteiger partial charge < -0.3 is 10.6 Å². The number of halogens is 1. The van der Waals surface area contributed by atoms with E-state index in [0.29, 0.717) is 5.69 Å². The van der Waals surface area contributed by atoms with Gasteiger partial charge in [0, 0.05) is 17.3 Å². The molecule has 6 nitrogen and oxygen atoms in total. The number of anilines is 1. The van der Waals surface area contributed by atoms with Gasteiger partial charge in [-0.25, -0.2) is 0 Å². The third-order valence-corrected chi connectivity index (χ3v) is 2.96. The molecule has 7 heteroatoms. The number of nitro benzene ring substituents is 1. The number of carbonyl (C=O) groups excluding carboxylic acids is 1. The summed E-state index contributed by atoms with van der Waals surface area (Å²) >= 11 is 0. The monoisotopic (exact) mass is 283 g/mol. The molecule has 1 aromatic carbocycles. The molecular formula is C13H18FN3O3. The molecule has 1 rings (SSSR count). The summed E-state index contributed by atoms with van der Waals surface area (Å²) in [6, 6.07) is 3.41. The van der Waals surface area contributed by atoms with Crippen LogP contribution >= 0.6 is 0 Å². The van der Waals surface area contributed by atoms with E-state index in [1.54, 1.807) is 0 Å². The first-order valence-corrected chi connectivity index (χ1v) is 6.24. The molecule has 0 spiro atoms. The van der Waals surface area contributed by atoms with Crippen molar-refractivity contribution in [2.24, 2.45) is 0 Å². The number of nitrogens with zero attached hydrogens (tertiary/aromatic N) is 1. The predicted molar refractivity (Wildman–Crippen MR) is 74.1 cm³/mol. The average molecular weight is 283 g/mol. The highest BCUT2D eigenvalue weighted by molar-refractivity contribution is 5.81. The minimum Gasteiger partial charge on any atom is -0.376 e. The maximum absolute atomic E-state index is 13.1. The molecule has 0 unspecified atom stereocenters. The van der Waals surface area contributed by atoms with Crippen molar-refractivity contribution in [1.82, 2.24) is 5.32 Å². The topological polar surface area (TPSA) is 84.3 Å².